The Morgan fingerprint density at radius 1 is 0.681 bits per heavy atom. The molecule has 2 aromatic heterocycles. The molecule has 7 atom stereocenters. The van der Waals surface area contributed by atoms with E-state index in [0.29, 0.717) is 43.3 Å². The van der Waals surface area contributed by atoms with Crippen LogP contribution in [0.1, 0.15) is 112 Å². The zero-order valence-electron chi connectivity index (χ0n) is 40.0. The maximum atomic E-state index is 16.4. The SMILES string of the molecule is COCC(NC(=O)OC)C(=O)N1CCC[C@H]1c1nc2ccc(C3CC[C@@H](c4ccc5nc([C@@H]6CCCN6C(=O)[C@@H](NC(=O)OC)[C@@H](C)OC)[nH]c5c4)N3c3ccc(N4CCCCC4)c(F)c3)cc2[nH]1. The average Bonchev–Trinajstić information content (AvgIpc) is 4.23. The smallest absolute Gasteiger partial charge is 0.407 e. The lowest BCUT2D eigenvalue weighted by molar-refractivity contribution is -0.137. The number of nitrogens with zero attached hydrogens (tertiary/aromatic N) is 6. The van der Waals surface area contributed by atoms with Crippen LogP contribution in [0.5, 0.6) is 0 Å². The number of rotatable bonds is 14. The van der Waals surface area contributed by atoms with Gasteiger partial charge in [0.15, 0.2) is 0 Å². The van der Waals surface area contributed by atoms with Gasteiger partial charge in [-0.2, -0.15) is 0 Å². The predicted octanol–water partition coefficient (Wildman–Crippen LogP) is 7.11. The third-order valence-corrected chi connectivity index (χ3v) is 14.5. The second kappa shape index (κ2) is 20.6. The number of hydrogen-bond donors (Lipinski definition) is 4. The molecular weight excluding hydrogens is 888 g/mol. The minimum Gasteiger partial charge on any atom is -0.453 e. The van der Waals surface area contributed by atoms with Crippen molar-refractivity contribution in [3.05, 3.63) is 83.2 Å². The van der Waals surface area contributed by atoms with Crippen LogP contribution in [0.4, 0.5) is 25.4 Å². The number of methoxy groups -OCH3 is 4. The van der Waals surface area contributed by atoms with Crippen molar-refractivity contribution < 1.29 is 42.5 Å². The van der Waals surface area contributed by atoms with Crippen molar-refractivity contribution in [1.82, 2.24) is 40.4 Å². The van der Waals surface area contributed by atoms with E-state index in [1.54, 1.807) is 22.8 Å². The minimum absolute atomic E-state index is 0.00297. The largest absolute Gasteiger partial charge is 0.453 e. The normalized spacial score (nSPS) is 22.0. The molecule has 4 amide bonds. The summed E-state index contributed by atoms with van der Waals surface area (Å²) in [4.78, 5) is 77.2. The lowest BCUT2D eigenvalue weighted by Crippen LogP contribution is -2.54. The van der Waals surface area contributed by atoms with Crippen LogP contribution in [0.25, 0.3) is 22.1 Å². The molecular formula is C50H63FN10O8. The number of alkyl carbamates (subject to hydrolysis) is 2. The van der Waals surface area contributed by atoms with Gasteiger partial charge in [0.1, 0.15) is 29.5 Å². The second-order valence-corrected chi connectivity index (χ2v) is 18.6. The van der Waals surface area contributed by atoms with Gasteiger partial charge in [0.2, 0.25) is 11.8 Å². The van der Waals surface area contributed by atoms with Crippen LogP contribution in [-0.2, 0) is 28.5 Å². The maximum Gasteiger partial charge on any atom is 0.407 e. The molecule has 368 valence electrons. The Bertz CT molecular complexity index is 2670. The number of piperidine rings is 1. The molecule has 0 spiro atoms. The number of halogens is 1. The summed E-state index contributed by atoms with van der Waals surface area (Å²) >= 11 is 0. The lowest BCUT2D eigenvalue weighted by Gasteiger charge is -2.34. The number of hydrogen-bond acceptors (Lipinski definition) is 12. The summed E-state index contributed by atoms with van der Waals surface area (Å²) in [6.45, 7) is 4.41. The average molecular weight is 951 g/mol. The van der Waals surface area contributed by atoms with Gasteiger partial charge in [-0.1, -0.05) is 12.1 Å². The molecule has 5 aromatic rings. The molecule has 4 saturated heterocycles. The number of carbonyl (C=O) groups is 4. The lowest BCUT2D eigenvalue weighted by atomic mass is 10.0. The number of aromatic amines is 2. The van der Waals surface area contributed by atoms with E-state index in [0.717, 1.165) is 96.9 Å². The summed E-state index contributed by atoms with van der Waals surface area (Å²) in [5, 5.41) is 5.26. The van der Waals surface area contributed by atoms with Gasteiger partial charge in [0.25, 0.3) is 0 Å². The highest BCUT2D eigenvalue weighted by Gasteiger charge is 2.41. The monoisotopic (exact) mass is 950 g/mol. The van der Waals surface area contributed by atoms with Crippen LogP contribution in [0.3, 0.4) is 0 Å². The summed E-state index contributed by atoms with van der Waals surface area (Å²) in [6, 6.07) is 15.3. The van der Waals surface area contributed by atoms with Crippen LogP contribution in [-0.4, -0.2) is 133 Å². The highest BCUT2D eigenvalue weighted by molar-refractivity contribution is 5.88. The molecule has 6 heterocycles. The first-order valence-corrected chi connectivity index (χ1v) is 24.1. The zero-order valence-corrected chi connectivity index (χ0v) is 40.0. The van der Waals surface area contributed by atoms with Gasteiger partial charge in [-0.05, 0) is 118 Å². The van der Waals surface area contributed by atoms with Crippen molar-refractivity contribution in [2.45, 2.75) is 107 Å². The van der Waals surface area contributed by atoms with Crippen LogP contribution in [0.15, 0.2) is 54.6 Å². The van der Waals surface area contributed by atoms with E-state index >= 15 is 4.39 Å². The quantitative estimate of drug-likeness (QED) is 0.0881. The van der Waals surface area contributed by atoms with E-state index in [1.807, 2.05) is 24.3 Å². The van der Waals surface area contributed by atoms with E-state index in [2.05, 4.69) is 54.7 Å². The zero-order chi connectivity index (χ0) is 48.3. The summed E-state index contributed by atoms with van der Waals surface area (Å²) in [7, 11) is 5.49. The first-order chi connectivity index (χ1) is 33.5. The number of imidazole rings is 2. The fraction of sp³-hybridized carbons (Fsp3) is 0.520. The fourth-order valence-corrected chi connectivity index (χ4v) is 11.0. The minimum atomic E-state index is -0.944. The molecule has 69 heavy (non-hydrogen) atoms. The summed E-state index contributed by atoms with van der Waals surface area (Å²) in [5.74, 6) is 0.541. The van der Waals surface area contributed by atoms with E-state index in [-0.39, 0.29) is 48.4 Å². The number of nitrogens with one attached hydrogen (secondary N) is 4. The Balaban J connectivity index is 1.02. The number of aromatic nitrogens is 4. The molecule has 0 radical (unpaired) electrons. The van der Waals surface area contributed by atoms with E-state index in [1.165, 1.54) is 28.4 Å². The molecule has 4 fully saturated rings. The predicted molar refractivity (Wildman–Crippen MR) is 256 cm³/mol. The van der Waals surface area contributed by atoms with Crippen molar-refractivity contribution in [3.63, 3.8) is 0 Å². The number of H-pyrrole nitrogens is 2. The molecule has 9 rings (SSSR count). The van der Waals surface area contributed by atoms with Gasteiger partial charge in [-0.25, -0.2) is 23.9 Å². The van der Waals surface area contributed by atoms with Gasteiger partial charge in [-0.3, -0.25) is 9.59 Å². The Kier molecular flexibility index (Phi) is 14.2. The van der Waals surface area contributed by atoms with Gasteiger partial charge >= 0.3 is 12.2 Å². The van der Waals surface area contributed by atoms with Crippen molar-refractivity contribution in [2.75, 3.05) is 71.0 Å². The first kappa shape index (κ1) is 47.6. The first-order valence-electron chi connectivity index (χ1n) is 24.1. The fourth-order valence-electron chi connectivity index (χ4n) is 11.0. The topological polar surface area (TPSA) is 200 Å². The molecule has 0 aliphatic carbocycles. The third kappa shape index (κ3) is 9.62. The molecule has 18 nitrogen and oxygen atoms in total. The molecule has 19 heteroatoms. The number of benzene rings is 3. The number of amides is 4. The number of carbonyl (C=O) groups excluding carboxylic acids is 4. The van der Waals surface area contributed by atoms with Crippen molar-refractivity contribution in [2.24, 2.45) is 0 Å². The molecule has 0 bridgehead atoms. The van der Waals surface area contributed by atoms with Crippen LogP contribution < -0.4 is 20.4 Å². The second-order valence-electron chi connectivity index (χ2n) is 18.6. The molecule has 3 aromatic carbocycles. The number of likely N-dealkylation sites (tertiary alicyclic amines) is 2. The number of anilines is 2. The van der Waals surface area contributed by atoms with Crippen LogP contribution >= 0.6 is 0 Å². The Morgan fingerprint density at radius 2 is 1.25 bits per heavy atom. The van der Waals surface area contributed by atoms with Gasteiger partial charge in [-0.15, -0.1) is 0 Å². The summed E-state index contributed by atoms with van der Waals surface area (Å²) in [6.07, 6.45) is 5.74. The molecule has 0 saturated carbocycles. The summed E-state index contributed by atoms with van der Waals surface area (Å²) < 4.78 is 36.7. The van der Waals surface area contributed by atoms with Crippen molar-refractivity contribution in [1.29, 1.82) is 0 Å². The Labute approximate surface area is 400 Å². The van der Waals surface area contributed by atoms with E-state index < -0.39 is 30.4 Å². The van der Waals surface area contributed by atoms with Crippen molar-refractivity contribution in [3.8, 4) is 0 Å². The number of ether oxygens (including phenoxy) is 4. The highest BCUT2D eigenvalue weighted by Crippen LogP contribution is 2.48. The Hall–Kier alpha value is -6.47. The highest BCUT2D eigenvalue weighted by atomic mass is 19.1. The van der Waals surface area contributed by atoms with E-state index in [4.69, 9.17) is 28.9 Å². The molecule has 4 N–H and O–H groups in total. The van der Waals surface area contributed by atoms with Crippen molar-refractivity contribution >= 4 is 57.4 Å². The van der Waals surface area contributed by atoms with Crippen LogP contribution in [0, 0.1) is 5.82 Å². The standard InChI is InChI=1S/C50H63FN10O8/c1-29(67-3)44(57-50(65)69-5)48(63)60-24-10-12-43(60)46-53-35-17-14-31(26-37(35)55-46)40-20-19-39(61(40)32-15-18-41(33(51)27-32)58-21-7-6-8-22-58)30-13-16-34-36(25-30)54-45(52-34)42-11-9-23-59(42)47(62)38(28-66-2)56-49(64)68-4/h13-18,25-27,29,38-40,42-44H,6-12,19-24,28H2,1-5H3,(H,52,54)(H,53,55)(H,56,64)(H,57,65)/t29-,38?,39?,40+,42+,43+,44+/m1/s1. The summed E-state index contributed by atoms with van der Waals surface area (Å²) in [5.41, 5.74) is 6.67. The molecule has 2 unspecified atom stereocenters. The maximum absolute atomic E-state index is 16.4. The van der Waals surface area contributed by atoms with Gasteiger partial charge in [0, 0.05) is 46.1 Å². The number of fused-ring (bicyclic) bond motifs is 2. The van der Waals surface area contributed by atoms with Gasteiger partial charge in [0.05, 0.1) is 78.9 Å². The third-order valence-electron chi connectivity index (χ3n) is 14.5. The van der Waals surface area contributed by atoms with Gasteiger partial charge < -0.3 is 59.1 Å². The van der Waals surface area contributed by atoms with Crippen LogP contribution in [0.2, 0.25) is 0 Å². The molecule has 4 aliphatic rings. The van der Waals surface area contributed by atoms with E-state index in [9.17, 15) is 19.2 Å². The molecule has 4 aliphatic heterocycles. The Morgan fingerprint density at radius 3 is 1.78 bits per heavy atom.